The quantitative estimate of drug-likeness (QED) is 0.672. The van der Waals surface area contributed by atoms with E-state index >= 15 is 0 Å². The molecule has 1 amide bonds. The number of carbonyl (C=O) groups is 1. The number of nitrogens with zero attached hydrogens (tertiary/aromatic N) is 1. The maximum Gasteiger partial charge on any atom is 0.253 e. The Morgan fingerprint density at radius 2 is 1.71 bits per heavy atom. The second-order valence-corrected chi connectivity index (χ2v) is 10.9. The first-order chi connectivity index (χ1) is 13.1. The highest BCUT2D eigenvalue weighted by atomic mass is 35.5. The summed E-state index contributed by atoms with van der Waals surface area (Å²) >= 11 is 6.07. The SMILES string of the molecule is N#CC1(S(=O)(=O)Nc2ccc(Cl)cc2C(=O)NC23CCC(N)(CC2)CC3)CC1. The van der Waals surface area contributed by atoms with Crippen LogP contribution in [0, 0.1) is 11.3 Å². The van der Waals surface area contributed by atoms with Gasteiger partial charge in [-0.1, -0.05) is 11.6 Å². The van der Waals surface area contributed by atoms with E-state index in [1.54, 1.807) is 0 Å². The minimum absolute atomic E-state index is 0.112. The number of anilines is 1. The summed E-state index contributed by atoms with van der Waals surface area (Å²) in [4.78, 5) is 13.1. The normalized spacial score (nSPS) is 30.3. The summed E-state index contributed by atoms with van der Waals surface area (Å²) in [5.41, 5.74) is 6.22. The fraction of sp³-hybridized carbons (Fsp3) is 0.579. The molecule has 0 atom stereocenters. The van der Waals surface area contributed by atoms with Crippen LogP contribution >= 0.6 is 11.6 Å². The molecule has 0 saturated heterocycles. The standard InChI is InChI=1S/C19H23ClN4O3S/c20-13-1-2-15(24-28(26,27)19(12-21)9-10-19)14(11-13)16(25)23-18-6-3-17(22,4-7-18)5-8-18/h1-2,11,24H,3-10,22H2,(H,23,25). The summed E-state index contributed by atoms with van der Waals surface area (Å²) < 4.78 is 26.3. The molecule has 28 heavy (non-hydrogen) atoms. The highest BCUT2D eigenvalue weighted by Gasteiger charge is 2.56. The van der Waals surface area contributed by atoms with Gasteiger partial charge < -0.3 is 11.1 Å². The third-order valence-electron chi connectivity index (χ3n) is 6.58. The van der Waals surface area contributed by atoms with Crippen LogP contribution in [-0.4, -0.2) is 30.1 Å². The van der Waals surface area contributed by atoms with Crippen molar-refractivity contribution in [3.8, 4) is 6.07 Å². The van der Waals surface area contributed by atoms with E-state index in [4.69, 9.17) is 17.3 Å². The molecule has 9 heteroatoms. The van der Waals surface area contributed by atoms with Crippen molar-refractivity contribution in [2.24, 2.45) is 5.73 Å². The summed E-state index contributed by atoms with van der Waals surface area (Å²) in [6.07, 6.45) is 5.63. The van der Waals surface area contributed by atoms with Crippen molar-refractivity contribution in [3.05, 3.63) is 28.8 Å². The number of nitrogens with two attached hydrogens (primary N) is 1. The summed E-state index contributed by atoms with van der Waals surface area (Å²) in [6, 6.07) is 6.31. The Bertz CT molecular complexity index is 957. The fourth-order valence-corrected chi connectivity index (χ4v) is 5.89. The molecule has 2 bridgehead atoms. The molecule has 4 fully saturated rings. The Kier molecular flexibility index (Phi) is 4.42. The molecule has 0 heterocycles. The van der Waals surface area contributed by atoms with Gasteiger partial charge in [-0.3, -0.25) is 9.52 Å². The number of benzene rings is 1. The van der Waals surface area contributed by atoms with Crippen LogP contribution in [0.15, 0.2) is 18.2 Å². The highest BCUT2D eigenvalue weighted by Crippen LogP contribution is 2.46. The predicted molar refractivity (Wildman–Crippen MR) is 106 cm³/mol. The van der Waals surface area contributed by atoms with E-state index in [-0.39, 0.29) is 41.1 Å². The number of fused-ring (bicyclic) bond motifs is 3. The summed E-state index contributed by atoms with van der Waals surface area (Å²) in [6.45, 7) is 0. The zero-order valence-corrected chi connectivity index (χ0v) is 17.0. The molecule has 0 unspecified atom stereocenters. The van der Waals surface area contributed by atoms with Crippen LogP contribution in [-0.2, 0) is 10.0 Å². The van der Waals surface area contributed by atoms with Gasteiger partial charge in [0.05, 0.1) is 17.3 Å². The van der Waals surface area contributed by atoms with Crippen LogP contribution < -0.4 is 15.8 Å². The largest absolute Gasteiger partial charge is 0.347 e. The number of carbonyl (C=O) groups excluding carboxylic acids is 1. The van der Waals surface area contributed by atoms with Gasteiger partial charge in [-0.2, -0.15) is 5.26 Å². The Labute approximate surface area is 169 Å². The molecule has 4 N–H and O–H groups in total. The third kappa shape index (κ3) is 3.25. The lowest BCUT2D eigenvalue weighted by atomic mass is 9.62. The molecule has 0 aromatic heterocycles. The number of nitriles is 1. The zero-order valence-electron chi connectivity index (χ0n) is 15.4. The number of hydrogen-bond donors (Lipinski definition) is 3. The highest BCUT2D eigenvalue weighted by molar-refractivity contribution is 7.94. The number of nitrogens with one attached hydrogen (secondary N) is 2. The average Bonchev–Trinajstić information content (AvgIpc) is 3.46. The lowest BCUT2D eigenvalue weighted by molar-refractivity contribution is 0.0629. The Hall–Kier alpha value is -1.82. The van der Waals surface area contributed by atoms with Gasteiger partial charge in [0.15, 0.2) is 4.75 Å². The molecule has 150 valence electrons. The molecular formula is C19H23ClN4O3S. The van der Waals surface area contributed by atoms with Gasteiger partial charge in [-0.05, 0) is 69.6 Å². The lowest BCUT2D eigenvalue weighted by Gasteiger charge is -2.52. The van der Waals surface area contributed by atoms with Gasteiger partial charge in [0.25, 0.3) is 15.9 Å². The van der Waals surface area contributed by atoms with Crippen LogP contribution in [0.2, 0.25) is 5.02 Å². The maximum absolute atomic E-state index is 13.1. The van der Waals surface area contributed by atoms with E-state index in [2.05, 4.69) is 10.0 Å². The monoisotopic (exact) mass is 422 g/mol. The van der Waals surface area contributed by atoms with E-state index in [9.17, 15) is 18.5 Å². The van der Waals surface area contributed by atoms with Gasteiger partial charge in [0.1, 0.15) is 0 Å². The van der Waals surface area contributed by atoms with Crippen LogP contribution in [0.25, 0.3) is 0 Å². The molecule has 1 aromatic rings. The number of sulfonamides is 1. The molecule has 4 aliphatic rings. The minimum Gasteiger partial charge on any atom is -0.347 e. The summed E-state index contributed by atoms with van der Waals surface area (Å²) in [5, 5.41) is 12.7. The molecule has 5 rings (SSSR count). The van der Waals surface area contributed by atoms with Crippen LogP contribution in [0.5, 0.6) is 0 Å². The predicted octanol–water partition coefficient (Wildman–Crippen LogP) is 2.67. The molecule has 0 aliphatic heterocycles. The molecule has 0 radical (unpaired) electrons. The summed E-state index contributed by atoms with van der Waals surface area (Å²) in [5.74, 6) is -0.367. The van der Waals surface area contributed by atoms with E-state index in [0.717, 1.165) is 38.5 Å². The van der Waals surface area contributed by atoms with Crippen LogP contribution in [0.4, 0.5) is 5.69 Å². The van der Waals surface area contributed by atoms with E-state index in [1.807, 2.05) is 6.07 Å². The van der Waals surface area contributed by atoms with Crippen molar-refractivity contribution < 1.29 is 13.2 Å². The summed E-state index contributed by atoms with van der Waals surface area (Å²) in [7, 11) is -3.93. The number of hydrogen-bond acceptors (Lipinski definition) is 5. The Morgan fingerprint density at radius 3 is 2.25 bits per heavy atom. The number of halogens is 1. The van der Waals surface area contributed by atoms with E-state index < -0.39 is 14.8 Å². The molecule has 4 aliphatic carbocycles. The third-order valence-corrected chi connectivity index (χ3v) is 8.83. The average molecular weight is 423 g/mol. The molecule has 0 spiro atoms. The maximum atomic E-state index is 13.1. The van der Waals surface area contributed by atoms with E-state index in [0.29, 0.717) is 5.02 Å². The van der Waals surface area contributed by atoms with Crippen molar-refractivity contribution in [1.29, 1.82) is 5.26 Å². The first-order valence-electron chi connectivity index (χ1n) is 9.46. The van der Waals surface area contributed by atoms with Gasteiger partial charge in [0.2, 0.25) is 0 Å². The van der Waals surface area contributed by atoms with Gasteiger partial charge in [-0.15, -0.1) is 0 Å². The number of rotatable bonds is 5. The number of amides is 1. The van der Waals surface area contributed by atoms with Crippen LogP contribution in [0.1, 0.15) is 61.7 Å². The zero-order chi connectivity index (χ0) is 20.2. The van der Waals surface area contributed by atoms with Crippen LogP contribution in [0.3, 0.4) is 0 Å². The van der Waals surface area contributed by atoms with Crippen molar-refractivity contribution in [3.63, 3.8) is 0 Å². The first kappa shape index (κ1) is 19.5. The van der Waals surface area contributed by atoms with Gasteiger partial charge >= 0.3 is 0 Å². The second-order valence-electron chi connectivity index (χ2n) is 8.50. The lowest BCUT2D eigenvalue weighted by Crippen LogP contribution is -2.61. The fourth-order valence-electron chi connectivity index (χ4n) is 4.30. The molecular weight excluding hydrogens is 400 g/mol. The first-order valence-corrected chi connectivity index (χ1v) is 11.3. The Balaban J connectivity index is 1.59. The topological polar surface area (TPSA) is 125 Å². The van der Waals surface area contributed by atoms with Gasteiger partial charge in [-0.25, -0.2) is 8.42 Å². The van der Waals surface area contributed by atoms with Crippen molar-refractivity contribution in [2.75, 3.05) is 4.72 Å². The second kappa shape index (κ2) is 6.34. The van der Waals surface area contributed by atoms with E-state index in [1.165, 1.54) is 18.2 Å². The van der Waals surface area contributed by atoms with Crippen molar-refractivity contribution in [1.82, 2.24) is 5.32 Å². The smallest absolute Gasteiger partial charge is 0.253 e. The Morgan fingerprint density at radius 1 is 1.11 bits per heavy atom. The van der Waals surface area contributed by atoms with Gasteiger partial charge in [0, 0.05) is 16.1 Å². The van der Waals surface area contributed by atoms with Crippen molar-refractivity contribution >= 4 is 33.2 Å². The minimum atomic E-state index is -3.93. The molecule has 1 aromatic carbocycles. The van der Waals surface area contributed by atoms with Crippen molar-refractivity contribution in [2.45, 2.75) is 67.2 Å². The molecule has 4 saturated carbocycles. The molecule has 7 nitrogen and oxygen atoms in total.